The first-order valence-corrected chi connectivity index (χ1v) is 14.6. The highest BCUT2D eigenvalue weighted by Crippen LogP contribution is 2.43. The van der Waals surface area contributed by atoms with Gasteiger partial charge in [0.2, 0.25) is 0 Å². The molecule has 0 amide bonds. The number of hydrogen-bond acceptors (Lipinski definition) is 2. The summed E-state index contributed by atoms with van der Waals surface area (Å²) in [4.78, 5) is 5.08. The maximum Gasteiger partial charge on any atom is 0.136 e. The Morgan fingerprint density at radius 1 is 0.372 bits per heavy atom. The predicted octanol–water partition coefficient (Wildman–Crippen LogP) is 11.4. The molecule has 0 unspecified atom stereocenters. The molecule has 0 radical (unpaired) electrons. The predicted molar refractivity (Wildman–Crippen MR) is 180 cm³/mol. The molecule has 200 valence electrons. The maximum atomic E-state index is 6.24. The smallest absolute Gasteiger partial charge is 0.136 e. The Balaban J connectivity index is 1.20. The minimum Gasteiger partial charge on any atom is -0.456 e. The summed E-state index contributed by atoms with van der Waals surface area (Å²) in [7, 11) is 0. The van der Waals surface area contributed by atoms with Crippen LogP contribution < -0.4 is 0 Å². The van der Waals surface area contributed by atoms with Crippen molar-refractivity contribution in [1.82, 2.24) is 4.98 Å². The lowest BCUT2D eigenvalue weighted by Crippen LogP contribution is -1.92. The second-order valence-corrected chi connectivity index (χ2v) is 11.1. The van der Waals surface area contributed by atoms with Gasteiger partial charge in [0.15, 0.2) is 0 Å². The summed E-state index contributed by atoms with van der Waals surface area (Å²) < 4.78 is 6.24. The highest BCUT2D eigenvalue weighted by atomic mass is 16.3. The van der Waals surface area contributed by atoms with Crippen molar-refractivity contribution in [2.24, 2.45) is 0 Å². The molecule has 7 aromatic carbocycles. The molecule has 2 heteroatoms. The molecule has 0 aliphatic carbocycles. The fraction of sp³-hybridized carbons (Fsp3) is 0. The zero-order valence-corrected chi connectivity index (χ0v) is 23.3. The summed E-state index contributed by atoms with van der Waals surface area (Å²) in [5, 5.41) is 9.54. The van der Waals surface area contributed by atoms with Gasteiger partial charge in [-0.1, -0.05) is 115 Å². The standard InChI is InChI=1S/C41H25NO/c1-2-10-26(11-3-1)40-31-14-6-8-16-33(31)41(34-17-9-7-15-32(34)40)37-20-18-30(25-42-37)29-19-21-38-35(23-29)36-22-27-12-4-5-13-28(27)24-39(36)43-38/h1-25H. The van der Waals surface area contributed by atoms with Gasteiger partial charge in [-0.05, 0) is 79.3 Å². The lowest BCUT2D eigenvalue weighted by atomic mass is 9.87. The second-order valence-electron chi connectivity index (χ2n) is 11.1. The normalized spacial score (nSPS) is 11.7. The van der Waals surface area contributed by atoms with Gasteiger partial charge in [0.05, 0.1) is 5.69 Å². The van der Waals surface area contributed by atoms with Gasteiger partial charge in [-0.2, -0.15) is 0 Å². The molecular weight excluding hydrogens is 522 g/mol. The van der Waals surface area contributed by atoms with Gasteiger partial charge >= 0.3 is 0 Å². The van der Waals surface area contributed by atoms with Crippen molar-refractivity contribution in [3.8, 4) is 33.5 Å². The Labute approximate surface area is 248 Å². The first kappa shape index (κ1) is 23.9. The van der Waals surface area contributed by atoms with Gasteiger partial charge in [0, 0.05) is 28.1 Å². The molecule has 9 rings (SSSR count). The molecule has 0 aliphatic rings. The van der Waals surface area contributed by atoms with E-state index in [1.165, 1.54) is 49.0 Å². The summed E-state index contributed by atoms with van der Waals surface area (Å²) >= 11 is 0. The van der Waals surface area contributed by atoms with Gasteiger partial charge in [-0.25, -0.2) is 0 Å². The van der Waals surface area contributed by atoms with E-state index in [1.54, 1.807) is 0 Å². The van der Waals surface area contributed by atoms with Crippen molar-refractivity contribution >= 4 is 54.3 Å². The molecule has 0 saturated carbocycles. The number of pyridine rings is 1. The number of furan rings is 1. The van der Waals surface area contributed by atoms with Crippen LogP contribution in [0.4, 0.5) is 0 Å². The lowest BCUT2D eigenvalue weighted by molar-refractivity contribution is 0.669. The molecule has 0 spiro atoms. The number of benzene rings is 7. The van der Waals surface area contributed by atoms with Crippen LogP contribution in [0.1, 0.15) is 0 Å². The summed E-state index contributed by atoms with van der Waals surface area (Å²) in [6.45, 7) is 0. The Hall–Kier alpha value is -5.73. The SMILES string of the molecule is c1ccc(-c2c3ccccc3c(-c3ccc(-c4ccc5oc6cc7ccccc7cc6c5c4)cn3)c3ccccc23)cc1. The number of rotatable bonds is 3. The molecule has 2 nitrogen and oxygen atoms in total. The van der Waals surface area contributed by atoms with Crippen molar-refractivity contribution in [1.29, 1.82) is 0 Å². The van der Waals surface area contributed by atoms with Crippen LogP contribution in [0.5, 0.6) is 0 Å². The van der Waals surface area contributed by atoms with Gasteiger partial charge in [0.25, 0.3) is 0 Å². The van der Waals surface area contributed by atoms with E-state index in [9.17, 15) is 0 Å². The average molecular weight is 548 g/mol. The number of hydrogen-bond donors (Lipinski definition) is 0. The molecule has 2 heterocycles. The molecule has 9 aromatic rings. The van der Waals surface area contributed by atoms with Crippen LogP contribution in [0, 0.1) is 0 Å². The second kappa shape index (κ2) is 9.40. The first-order chi connectivity index (χ1) is 21.3. The molecular formula is C41H25NO. The Bertz CT molecular complexity index is 2430. The number of aromatic nitrogens is 1. The molecule has 0 saturated heterocycles. The molecule has 0 atom stereocenters. The molecule has 2 aromatic heterocycles. The summed E-state index contributed by atoms with van der Waals surface area (Å²) in [5.74, 6) is 0. The van der Waals surface area contributed by atoms with Gasteiger partial charge in [-0.3, -0.25) is 4.98 Å². The van der Waals surface area contributed by atoms with Crippen molar-refractivity contribution in [2.75, 3.05) is 0 Å². The van der Waals surface area contributed by atoms with Gasteiger partial charge in [0.1, 0.15) is 11.2 Å². The van der Waals surface area contributed by atoms with Crippen LogP contribution in [-0.4, -0.2) is 4.98 Å². The Morgan fingerprint density at radius 3 is 1.63 bits per heavy atom. The van der Waals surface area contributed by atoms with Crippen molar-refractivity contribution in [3.63, 3.8) is 0 Å². The molecule has 0 fully saturated rings. The van der Waals surface area contributed by atoms with Crippen LogP contribution in [0.15, 0.2) is 156 Å². The van der Waals surface area contributed by atoms with Crippen molar-refractivity contribution in [2.45, 2.75) is 0 Å². The van der Waals surface area contributed by atoms with E-state index in [4.69, 9.17) is 9.40 Å². The van der Waals surface area contributed by atoms with Crippen LogP contribution in [-0.2, 0) is 0 Å². The maximum absolute atomic E-state index is 6.24. The number of nitrogens with zero attached hydrogens (tertiary/aromatic N) is 1. The third kappa shape index (κ3) is 3.77. The Morgan fingerprint density at radius 2 is 0.953 bits per heavy atom. The number of fused-ring (bicyclic) bond motifs is 6. The van der Waals surface area contributed by atoms with Crippen LogP contribution in [0.3, 0.4) is 0 Å². The minimum atomic E-state index is 0.898. The summed E-state index contributed by atoms with van der Waals surface area (Å²) in [6.07, 6.45) is 2.00. The van der Waals surface area contributed by atoms with Gasteiger partial charge < -0.3 is 4.42 Å². The van der Waals surface area contributed by atoms with Gasteiger partial charge in [-0.15, -0.1) is 0 Å². The van der Waals surface area contributed by atoms with Crippen molar-refractivity contribution < 1.29 is 4.42 Å². The van der Waals surface area contributed by atoms with E-state index in [2.05, 4.69) is 146 Å². The lowest BCUT2D eigenvalue weighted by Gasteiger charge is -2.17. The quantitative estimate of drug-likeness (QED) is 0.206. The Kier molecular flexibility index (Phi) is 5.23. The van der Waals surface area contributed by atoms with E-state index in [0.717, 1.165) is 38.8 Å². The third-order valence-electron chi connectivity index (χ3n) is 8.68. The van der Waals surface area contributed by atoms with E-state index < -0.39 is 0 Å². The fourth-order valence-corrected chi connectivity index (χ4v) is 6.67. The summed E-state index contributed by atoms with van der Waals surface area (Å²) in [6, 6.07) is 51.7. The van der Waals surface area contributed by atoms with Crippen LogP contribution >= 0.6 is 0 Å². The van der Waals surface area contributed by atoms with Crippen LogP contribution in [0.2, 0.25) is 0 Å². The zero-order valence-electron chi connectivity index (χ0n) is 23.3. The minimum absolute atomic E-state index is 0.898. The molecule has 43 heavy (non-hydrogen) atoms. The molecule has 0 N–H and O–H groups in total. The highest BCUT2D eigenvalue weighted by molar-refractivity contribution is 6.21. The third-order valence-corrected chi connectivity index (χ3v) is 8.68. The highest BCUT2D eigenvalue weighted by Gasteiger charge is 2.17. The first-order valence-electron chi connectivity index (χ1n) is 14.6. The van der Waals surface area contributed by atoms with E-state index in [1.807, 2.05) is 6.20 Å². The average Bonchev–Trinajstić information content (AvgIpc) is 3.43. The van der Waals surface area contributed by atoms with Crippen LogP contribution in [0.25, 0.3) is 87.8 Å². The largest absolute Gasteiger partial charge is 0.456 e. The van der Waals surface area contributed by atoms with E-state index in [-0.39, 0.29) is 0 Å². The zero-order chi connectivity index (χ0) is 28.3. The van der Waals surface area contributed by atoms with E-state index >= 15 is 0 Å². The topological polar surface area (TPSA) is 26.0 Å². The van der Waals surface area contributed by atoms with E-state index in [0.29, 0.717) is 0 Å². The molecule has 0 aliphatic heterocycles. The monoisotopic (exact) mass is 547 g/mol. The fourth-order valence-electron chi connectivity index (χ4n) is 6.67. The van der Waals surface area contributed by atoms with Crippen molar-refractivity contribution in [3.05, 3.63) is 152 Å². The molecule has 0 bridgehead atoms. The summed E-state index contributed by atoms with van der Waals surface area (Å²) in [5.41, 5.74) is 8.64.